The van der Waals surface area contributed by atoms with E-state index in [0.717, 1.165) is 5.56 Å². The van der Waals surface area contributed by atoms with Crippen molar-refractivity contribution in [2.75, 3.05) is 10.6 Å². The molecule has 0 saturated carbocycles. The number of non-ortho nitro benzene ring substituents is 1. The van der Waals surface area contributed by atoms with Crippen molar-refractivity contribution < 1.29 is 39.1 Å². The van der Waals surface area contributed by atoms with Crippen LogP contribution in [-0.4, -0.2) is 55.9 Å². The summed E-state index contributed by atoms with van der Waals surface area (Å²) in [6.07, 6.45) is 0.265. The molecule has 3 aromatic carbocycles. The largest absolute Gasteiger partial charge is 0.481 e. The number of aliphatic carboxylic acids is 2. The number of carbonyl (C=O) groups excluding carboxylic acids is 3. The first-order chi connectivity index (χ1) is 20.9. The summed E-state index contributed by atoms with van der Waals surface area (Å²) in [4.78, 5) is 72.8. The Balaban J connectivity index is 1.44. The highest BCUT2D eigenvalue weighted by Crippen LogP contribution is 2.36. The molecule has 0 spiro atoms. The first-order valence-corrected chi connectivity index (χ1v) is 13.5. The molecular weight excluding hydrogens is 574 g/mol. The van der Waals surface area contributed by atoms with Crippen molar-refractivity contribution in [1.29, 1.82) is 0 Å². The van der Waals surface area contributed by atoms with E-state index in [4.69, 9.17) is 5.11 Å². The van der Waals surface area contributed by atoms with Crippen LogP contribution in [0.15, 0.2) is 66.7 Å². The van der Waals surface area contributed by atoms with Gasteiger partial charge in [-0.1, -0.05) is 30.3 Å². The maximum Gasteiger partial charge on any atom is 0.326 e. The number of carbonyl (C=O) groups is 5. The number of hydrogen-bond acceptors (Lipinski definition) is 7. The third-order valence-electron chi connectivity index (χ3n) is 7.04. The lowest BCUT2D eigenvalue weighted by molar-refractivity contribution is -0.384. The standard InChI is InChI=1S/C30H29N5O9/c1-17(36)34-16-20-15-22(32-30(42)31-21-7-10-23(11-8-21)35(43)44)9-12-24(20)27(34)28(39)33-25(29(40)41)14-19-4-2-18(3-5-19)6-13-26(37)38/h2-5,7-12,15,25,27H,6,13-14,16H2,1H3,(H,33,39)(H,37,38)(H,40,41)(H2,31,32,42). The van der Waals surface area contributed by atoms with Crippen LogP contribution in [0.2, 0.25) is 0 Å². The number of nitrogens with zero attached hydrogens (tertiary/aromatic N) is 2. The number of anilines is 2. The Morgan fingerprint density at radius 3 is 2.14 bits per heavy atom. The molecule has 0 bridgehead atoms. The minimum absolute atomic E-state index is 0.0321. The van der Waals surface area contributed by atoms with E-state index in [1.165, 1.54) is 36.1 Å². The minimum atomic E-state index is -1.30. The number of aryl methyl sites for hydroxylation is 1. The van der Waals surface area contributed by atoms with Gasteiger partial charge in [-0.3, -0.25) is 24.5 Å². The van der Waals surface area contributed by atoms with Crippen LogP contribution >= 0.6 is 0 Å². The molecule has 5 N–H and O–H groups in total. The van der Waals surface area contributed by atoms with Crippen molar-refractivity contribution in [2.45, 2.75) is 44.8 Å². The summed E-state index contributed by atoms with van der Waals surface area (Å²) in [6.45, 7) is 1.35. The molecule has 14 nitrogen and oxygen atoms in total. The van der Waals surface area contributed by atoms with Gasteiger partial charge in [0.2, 0.25) is 11.8 Å². The summed E-state index contributed by atoms with van der Waals surface area (Å²) < 4.78 is 0. The molecule has 0 fully saturated rings. The fourth-order valence-electron chi connectivity index (χ4n) is 4.85. The predicted molar refractivity (Wildman–Crippen MR) is 157 cm³/mol. The molecule has 4 amide bonds. The summed E-state index contributed by atoms with van der Waals surface area (Å²) in [5.41, 5.74) is 3.03. The van der Waals surface area contributed by atoms with E-state index in [1.54, 1.807) is 42.5 Å². The molecule has 1 heterocycles. The molecule has 1 aliphatic heterocycles. The number of urea groups is 1. The van der Waals surface area contributed by atoms with Crippen LogP contribution in [-0.2, 0) is 38.6 Å². The van der Waals surface area contributed by atoms with E-state index < -0.39 is 46.8 Å². The van der Waals surface area contributed by atoms with Crippen LogP contribution in [0.25, 0.3) is 0 Å². The second-order valence-corrected chi connectivity index (χ2v) is 10.2. The number of nitro benzene ring substituents is 1. The molecule has 0 saturated heterocycles. The molecular formula is C30H29N5O9. The summed E-state index contributed by atoms with van der Waals surface area (Å²) in [5.74, 6) is -3.27. The smallest absolute Gasteiger partial charge is 0.326 e. The molecule has 44 heavy (non-hydrogen) atoms. The number of carboxylic acids is 2. The highest BCUT2D eigenvalue weighted by Gasteiger charge is 2.38. The number of carboxylic acid groups (broad SMARTS) is 2. The fourth-order valence-corrected chi connectivity index (χ4v) is 4.85. The zero-order chi connectivity index (χ0) is 32.0. The van der Waals surface area contributed by atoms with Gasteiger partial charge in [-0.25, -0.2) is 9.59 Å². The lowest BCUT2D eigenvalue weighted by atomic mass is 10.0. The zero-order valence-electron chi connectivity index (χ0n) is 23.5. The van der Waals surface area contributed by atoms with Crippen molar-refractivity contribution in [2.24, 2.45) is 0 Å². The van der Waals surface area contributed by atoms with E-state index >= 15 is 0 Å². The Morgan fingerprint density at radius 1 is 0.932 bits per heavy atom. The number of amides is 4. The normalized spacial score (nSPS) is 14.2. The molecule has 3 aromatic rings. The van der Waals surface area contributed by atoms with Crippen LogP contribution in [0.3, 0.4) is 0 Å². The van der Waals surface area contributed by atoms with Crippen molar-refractivity contribution in [3.8, 4) is 0 Å². The Hall–Kier alpha value is -5.79. The monoisotopic (exact) mass is 603 g/mol. The number of nitrogens with one attached hydrogen (secondary N) is 3. The Labute approximate surface area is 250 Å². The fraction of sp³-hybridized carbons (Fsp3) is 0.233. The highest BCUT2D eigenvalue weighted by molar-refractivity contribution is 6.00. The first-order valence-electron chi connectivity index (χ1n) is 13.5. The summed E-state index contributed by atoms with van der Waals surface area (Å²) in [7, 11) is 0. The van der Waals surface area contributed by atoms with Crippen LogP contribution in [0.5, 0.6) is 0 Å². The van der Waals surface area contributed by atoms with Gasteiger partial charge in [0.1, 0.15) is 12.1 Å². The van der Waals surface area contributed by atoms with Gasteiger partial charge in [0.15, 0.2) is 0 Å². The SMILES string of the molecule is CC(=O)N1Cc2cc(NC(=O)Nc3ccc([N+](=O)[O-])cc3)ccc2C1C(=O)NC(Cc1ccc(CCC(=O)O)cc1)C(=O)O. The lowest BCUT2D eigenvalue weighted by Crippen LogP contribution is -2.47. The third kappa shape index (κ3) is 7.73. The molecule has 1 aliphatic rings. The number of benzene rings is 3. The lowest BCUT2D eigenvalue weighted by Gasteiger charge is -2.25. The second-order valence-electron chi connectivity index (χ2n) is 10.2. The number of rotatable bonds is 11. The van der Waals surface area contributed by atoms with E-state index in [9.17, 15) is 39.2 Å². The van der Waals surface area contributed by atoms with Gasteiger partial charge < -0.3 is 31.1 Å². The average molecular weight is 604 g/mol. The van der Waals surface area contributed by atoms with Crippen LogP contribution in [0.4, 0.5) is 21.9 Å². The Morgan fingerprint density at radius 2 is 1.55 bits per heavy atom. The quantitative estimate of drug-likeness (QED) is 0.160. The number of nitro groups is 1. The van der Waals surface area contributed by atoms with Crippen LogP contribution in [0.1, 0.15) is 41.6 Å². The minimum Gasteiger partial charge on any atom is -0.481 e. The summed E-state index contributed by atoms with van der Waals surface area (Å²) in [6, 6.07) is 13.8. The Kier molecular flexibility index (Phi) is 9.53. The molecule has 2 unspecified atom stereocenters. The predicted octanol–water partition coefficient (Wildman–Crippen LogP) is 3.47. The van der Waals surface area contributed by atoms with E-state index in [2.05, 4.69) is 16.0 Å². The Bertz CT molecular complexity index is 1610. The maximum absolute atomic E-state index is 13.4. The molecule has 2 atom stereocenters. The molecule has 228 valence electrons. The van der Waals surface area contributed by atoms with Gasteiger partial charge >= 0.3 is 18.0 Å². The van der Waals surface area contributed by atoms with Crippen LogP contribution in [0, 0.1) is 10.1 Å². The zero-order valence-corrected chi connectivity index (χ0v) is 23.5. The second kappa shape index (κ2) is 13.5. The van der Waals surface area contributed by atoms with Crippen molar-refractivity contribution >= 4 is 46.8 Å². The first kappa shape index (κ1) is 31.2. The van der Waals surface area contributed by atoms with Gasteiger partial charge in [0.05, 0.1) is 4.92 Å². The van der Waals surface area contributed by atoms with E-state index in [1.807, 2.05) is 0 Å². The average Bonchev–Trinajstić information content (AvgIpc) is 3.36. The molecule has 14 heteroatoms. The van der Waals surface area contributed by atoms with Gasteiger partial charge in [0.25, 0.3) is 5.69 Å². The molecule has 0 aliphatic carbocycles. The molecule has 0 radical (unpaired) electrons. The van der Waals surface area contributed by atoms with Crippen molar-refractivity contribution in [1.82, 2.24) is 10.2 Å². The number of hydrogen-bond donors (Lipinski definition) is 5. The highest BCUT2D eigenvalue weighted by atomic mass is 16.6. The number of fused-ring (bicyclic) bond motifs is 1. The van der Waals surface area contributed by atoms with Gasteiger partial charge in [-0.15, -0.1) is 0 Å². The van der Waals surface area contributed by atoms with Crippen molar-refractivity contribution in [3.63, 3.8) is 0 Å². The summed E-state index contributed by atoms with van der Waals surface area (Å²) in [5, 5.41) is 37.2. The van der Waals surface area contributed by atoms with Gasteiger partial charge in [-0.05, 0) is 52.9 Å². The topological polar surface area (TPSA) is 208 Å². The third-order valence-corrected chi connectivity index (χ3v) is 7.04. The van der Waals surface area contributed by atoms with Crippen molar-refractivity contribution in [3.05, 3.63) is 99.1 Å². The molecule has 0 aromatic heterocycles. The van der Waals surface area contributed by atoms with Crippen LogP contribution < -0.4 is 16.0 Å². The van der Waals surface area contributed by atoms with E-state index in [-0.39, 0.29) is 25.1 Å². The summed E-state index contributed by atoms with van der Waals surface area (Å²) >= 11 is 0. The molecule has 4 rings (SSSR count). The van der Waals surface area contributed by atoms with Gasteiger partial charge in [0, 0.05) is 49.8 Å². The van der Waals surface area contributed by atoms with Gasteiger partial charge in [-0.2, -0.15) is 0 Å². The van der Waals surface area contributed by atoms with E-state index in [0.29, 0.717) is 34.5 Å². The maximum atomic E-state index is 13.4.